The number of phenols is 1. The number of H-pyrrole nitrogens is 1. The maximum absolute atomic E-state index is 14.7. The Morgan fingerprint density at radius 3 is 2.21 bits per heavy atom. The fourth-order valence-electron chi connectivity index (χ4n) is 4.88. The molecule has 5 aromatic rings. The SMILES string of the molecule is CC(C)c1ccc(S(=O)(=O)N(c2cc(Cl)c(O)cc2Cl)c2c(C(C)(C)C)[nH]c3ccc4ccccc4c23)cc1. The van der Waals surface area contributed by atoms with E-state index in [9.17, 15) is 13.5 Å². The van der Waals surface area contributed by atoms with Crippen LogP contribution in [0.1, 0.15) is 51.8 Å². The monoisotopic (exact) mass is 580 g/mol. The van der Waals surface area contributed by atoms with E-state index in [1.54, 1.807) is 12.1 Å². The van der Waals surface area contributed by atoms with Crippen LogP contribution in [-0.4, -0.2) is 18.5 Å². The van der Waals surface area contributed by atoms with Crippen molar-refractivity contribution in [2.75, 3.05) is 4.31 Å². The Balaban J connectivity index is 1.94. The zero-order valence-corrected chi connectivity index (χ0v) is 24.7. The number of rotatable bonds is 5. The van der Waals surface area contributed by atoms with Crippen LogP contribution < -0.4 is 4.31 Å². The van der Waals surface area contributed by atoms with Crippen molar-refractivity contribution in [3.05, 3.63) is 94.1 Å². The molecule has 0 saturated heterocycles. The number of fused-ring (bicyclic) bond motifs is 3. The van der Waals surface area contributed by atoms with Crippen LogP contribution in [0.3, 0.4) is 0 Å². The second-order valence-corrected chi connectivity index (χ2v) is 13.7. The summed E-state index contributed by atoms with van der Waals surface area (Å²) in [7, 11) is -4.23. The first-order valence-corrected chi connectivity index (χ1v) is 14.9. The van der Waals surface area contributed by atoms with Crippen LogP contribution in [0.2, 0.25) is 10.0 Å². The summed E-state index contributed by atoms with van der Waals surface area (Å²) in [5.41, 5.74) is 2.68. The van der Waals surface area contributed by atoms with Crippen molar-refractivity contribution in [3.63, 3.8) is 0 Å². The highest BCUT2D eigenvalue weighted by Gasteiger charge is 2.36. The van der Waals surface area contributed by atoms with E-state index in [0.29, 0.717) is 5.69 Å². The summed E-state index contributed by atoms with van der Waals surface area (Å²) in [5, 5.41) is 12.9. The normalized spacial score (nSPS) is 12.5. The highest BCUT2D eigenvalue weighted by atomic mass is 35.5. The fourth-order valence-corrected chi connectivity index (χ4v) is 6.85. The highest BCUT2D eigenvalue weighted by molar-refractivity contribution is 7.93. The molecule has 39 heavy (non-hydrogen) atoms. The molecule has 0 bridgehead atoms. The minimum Gasteiger partial charge on any atom is -0.506 e. The Morgan fingerprint density at radius 2 is 1.56 bits per heavy atom. The molecule has 0 fully saturated rings. The number of phenolic OH excluding ortho intramolecular Hbond substituents is 1. The summed E-state index contributed by atoms with van der Waals surface area (Å²) in [5.74, 6) is 0.0140. The minimum atomic E-state index is -4.23. The number of anilines is 2. The molecule has 2 N–H and O–H groups in total. The summed E-state index contributed by atoms with van der Waals surface area (Å²) < 4.78 is 30.6. The molecule has 5 rings (SSSR count). The maximum Gasteiger partial charge on any atom is 0.268 e. The van der Waals surface area contributed by atoms with E-state index in [2.05, 4.69) is 18.8 Å². The molecule has 0 amide bonds. The third kappa shape index (κ3) is 4.75. The third-order valence-corrected chi connectivity index (χ3v) is 9.27. The highest BCUT2D eigenvalue weighted by Crippen LogP contribution is 2.49. The predicted octanol–water partition coefficient (Wildman–Crippen LogP) is 9.28. The predicted molar refractivity (Wildman–Crippen MR) is 162 cm³/mol. The standard InChI is InChI=1S/C31H30Cl2N2O3S/c1-18(2)19-10-13-21(14-11-19)39(37,38)35(26-16-24(33)27(36)17-23(26)32)29-28-22-9-7-6-8-20(22)12-15-25(28)34-30(29)31(3,4)5/h6-18,34,36H,1-5H3. The van der Waals surface area contributed by atoms with E-state index >= 15 is 0 Å². The number of nitrogens with zero attached hydrogens (tertiary/aromatic N) is 1. The number of sulfonamides is 1. The van der Waals surface area contributed by atoms with Crippen LogP contribution in [-0.2, 0) is 15.4 Å². The van der Waals surface area contributed by atoms with Crippen LogP contribution in [0.5, 0.6) is 5.75 Å². The Kier molecular flexibility index (Phi) is 6.86. The summed E-state index contributed by atoms with van der Waals surface area (Å²) in [6.07, 6.45) is 0. The number of aromatic nitrogens is 1. The van der Waals surface area contributed by atoms with Gasteiger partial charge in [-0.25, -0.2) is 12.7 Å². The van der Waals surface area contributed by atoms with Gasteiger partial charge < -0.3 is 10.1 Å². The molecule has 0 unspecified atom stereocenters. The van der Waals surface area contributed by atoms with Crippen molar-refractivity contribution in [3.8, 4) is 5.75 Å². The summed E-state index contributed by atoms with van der Waals surface area (Å²) >= 11 is 13.0. The van der Waals surface area contributed by atoms with Crippen LogP contribution in [0.15, 0.2) is 77.7 Å². The lowest BCUT2D eigenvalue weighted by Gasteiger charge is -2.30. The number of benzene rings is 4. The van der Waals surface area contributed by atoms with Gasteiger partial charge in [-0.05, 0) is 46.5 Å². The van der Waals surface area contributed by atoms with Gasteiger partial charge in [0.2, 0.25) is 0 Å². The molecular weight excluding hydrogens is 551 g/mol. The lowest BCUT2D eigenvalue weighted by atomic mass is 9.90. The van der Waals surface area contributed by atoms with Gasteiger partial charge in [-0.1, -0.05) is 100 Å². The smallest absolute Gasteiger partial charge is 0.268 e. The van der Waals surface area contributed by atoms with Crippen molar-refractivity contribution < 1.29 is 13.5 Å². The number of hydrogen-bond acceptors (Lipinski definition) is 3. The second kappa shape index (κ2) is 9.77. The zero-order chi connectivity index (χ0) is 28.3. The third-order valence-electron chi connectivity index (χ3n) is 6.94. The van der Waals surface area contributed by atoms with Crippen LogP contribution in [0, 0.1) is 0 Å². The Bertz CT molecular complexity index is 1820. The zero-order valence-electron chi connectivity index (χ0n) is 22.4. The molecule has 1 heterocycles. The van der Waals surface area contributed by atoms with Gasteiger partial charge in [0.15, 0.2) is 0 Å². The molecule has 0 saturated carbocycles. The second-order valence-electron chi connectivity index (χ2n) is 11.1. The first kappa shape index (κ1) is 27.4. The Morgan fingerprint density at radius 1 is 0.897 bits per heavy atom. The van der Waals surface area contributed by atoms with Gasteiger partial charge in [-0.15, -0.1) is 0 Å². The minimum absolute atomic E-state index is 0.00763. The van der Waals surface area contributed by atoms with Crippen molar-refractivity contribution in [2.45, 2.75) is 50.8 Å². The van der Waals surface area contributed by atoms with Crippen molar-refractivity contribution >= 4 is 66.3 Å². The number of hydrogen-bond donors (Lipinski definition) is 2. The average molecular weight is 582 g/mol. The van der Waals surface area contributed by atoms with E-state index in [-0.39, 0.29) is 32.3 Å². The topological polar surface area (TPSA) is 73.4 Å². The molecule has 0 aliphatic rings. The van der Waals surface area contributed by atoms with Crippen molar-refractivity contribution in [1.29, 1.82) is 0 Å². The van der Waals surface area contributed by atoms with Crippen molar-refractivity contribution in [2.24, 2.45) is 0 Å². The maximum atomic E-state index is 14.7. The lowest BCUT2D eigenvalue weighted by molar-refractivity contribution is 0.475. The van der Waals surface area contributed by atoms with Gasteiger partial charge in [0.05, 0.1) is 26.3 Å². The lowest BCUT2D eigenvalue weighted by Crippen LogP contribution is -2.29. The molecule has 8 heteroatoms. The molecule has 0 radical (unpaired) electrons. The summed E-state index contributed by atoms with van der Waals surface area (Å²) in [6, 6.07) is 21.4. The Hall–Kier alpha value is -3.19. The number of halogens is 2. The van der Waals surface area contributed by atoms with Gasteiger partial charge in [0.25, 0.3) is 10.0 Å². The molecule has 1 aromatic heterocycles. The molecule has 202 valence electrons. The molecule has 0 atom stereocenters. The van der Waals surface area contributed by atoms with Gasteiger partial charge in [-0.2, -0.15) is 0 Å². The quantitative estimate of drug-likeness (QED) is 0.217. The van der Waals surface area contributed by atoms with E-state index in [1.165, 1.54) is 16.4 Å². The molecule has 0 aliphatic heterocycles. The van der Waals surface area contributed by atoms with E-state index < -0.39 is 15.4 Å². The van der Waals surface area contributed by atoms with Crippen LogP contribution in [0.4, 0.5) is 11.4 Å². The van der Waals surface area contributed by atoms with E-state index in [4.69, 9.17) is 23.2 Å². The van der Waals surface area contributed by atoms with Gasteiger partial charge in [0, 0.05) is 28.1 Å². The van der Waals surface area contributed by atoms with Gasteiger partial charge in [-0.3, -0.25) is 0 Å². The molecule has 0 spiro atoms. The number of nitrogens with one attached hydrogen (secondary N) is 1. The fraction of sp³-hybridized carbons (Fsp3) is 0.226. The van der Waals surface area contributed by atoms with E-state index in [1.807, 2.05) is 69.3 Å². The van der Waals surface area contributed by atoms with Gasteiger partial charge in [0.1, 0.15) is 5.75 Å². The molecule has 5 nitrogen and oxygen atoms in total. The molecule has 4 aromatic carbocycles. The van der Waals surface area contributed by atoms with Crippen LogP contribution in [0.25, 0.3) is 21.7 Å². The average Bonchev–Trinajstić information content (AvgIpc) is 3.27. The first-order chi connectivity index (χ1) is 18.3. The molecule has 0 aliphatic carbocycles. The van der Waals surface area contributed by atoms with Crippen LogP contribution >= 0.6 is 23.2 Å². The summed E-state index contributed by atoms with van der Waals surface area (Å²) in [4.78, 5) is 3.62. The number of aromatic amines is 1. The van der Waals surface area contributed by atoms with Gasteiger partial charge >= 0.3 is 0 Å². The van der Waals surface area contributed by atoms with Crippen molar-refractivity contribution in [1.82, 2.24) is 4.98 Å². The first-order valence-electron chi connectivity index (χ1n) is 12.7. The Labute approximate surface area is 239 Å². The largest absolute Gasteiger partial charge is 0.506 e. The number of aromatic hydroxyl groups is 1. The molecular formula is C31H30Cl2N2O3S. The van der Waals surface area contributed by atoms with E-state index in [0.717, 1.165) is 32.9 Å². The summed E-state index contributed by atoms with van der Waals surface area (Å²) in [6.45, 7) is 10.2.